The van der Waals surface area contributed by atoms with Crippen LogP contribution in [0, 0.1) is 0 Å². The summed E-state index contributed by atoms with van der Waals surface area (Å²) in [6.45, 7) is 0. The second kappa shape index (κ2) is 3.76. The maximum absolute atomic E-state index is 10.5. The first-order valence-corrected chi connectivity index (χ1v) is 3.63. The molecule has 0 saturated carbocycles. The molecule has 1 aromatic carbocycles. The second-order valence-electron chi connectivity index (χ2n) is 2.49. The smallest absolute Gasteiger partial charge is 0.221 e. The molecule has 0 aliphatic carbocycles. The molecule has 1 aromatic rings. The van der Waals surface area contributed by atoms with E-state index < -0.39 is 0 Å². The molecule has 3 heteroatoms. The summed E-state index contributed by atoms with van der Waals surface area (Å²) < 4.78 is 4.96. The van der Waals surface area contributed by atoms with E-state index in [9.17, 15) is 4.79 Å². The van der Waals surface area contributed by atoms with Gasteiger partial charge in [-0.05, 0) is 17.7 Å². The number of hydrogen-bond donors (Lipinski definition) is 1. The minimum Gasteiger partial charge on any atom is -0.497 e. The number of amides is 1. The first-order valence-electron chi connectivity index (χ1n) is 3.63. The zero-order valence-electron chi connectivity index (χ0n) is 6.91. The van der Waals surface area contributed by atoms with Crippen molar-refractivity contribution >= 4 is 5.91 Å². The number of ether oxygens (including phenoxy) is 1. The number of hydrogen-bond acceptors (Lipinski definition) is 2. The Kier molecular flexibility index (Phi) is 2.69. The van der Waals surface area contributed by atoms with E-state index in [1.54, 1.807) is 19.2 Å². The second-order valence-corrected chi connectivity index (χ2v) is 2.49. The highest BCUT2D eigenvalue weighted by atomic mass is 16.5. The van der Waals surface area contributed by atoms with Gasteiger partial charge in [0, 0.05) is 0 Å². The summed E-state index contributed by atoms with van der Waals surface area (Å²) in [4.78, 5) is 10.5. The van der Waals surface area contributed by atoms with Gasteiger partial charge in [0.1, 0.15) is 5.75 Å². The van der Waals surface area contributed by atoms with Crippen LogP contribution in [0.3, 0.4) is 0 Å². The maximum Gasteiger partial charge on any atom is 0.221 e. The van der Waals surface area contributed by atoms with Gasteiger partial charge in [-0.2, -0.15) is 0 Å². The lowest BCUT2D eigenvalue weighted by atomic mass is 10.2. The molecule has 2 N–H and O–H groups in total. The Hall–Kier alpha value is -1.51. The number of carbonyl (C=O) groups excluding carboxylic acids is 1. The van der Waals surface area contributed by atoms with Gasteiger partial charge in [-0.15, -0.1) is 0 Å². The van der Waals surface area contributed by atoms with Crippen LogP contribution in [0.4, 0.5) is 0 Å². The zero-order valence-corrected chi connectivity index (χ0v) is 6.91. The van der Waals surface area contributed by atoms with E-state index in [2.05, 4.69) is 0 Å². The molecule has 1 amide bonds. The Morgan fingerprint density at radius 1 is 1.42 bits per heavy atom. The number of nitrogens with two attached hydrogens (primary N) is 1. The molecule has 0 aliphatic rings. The average Bonchev–Trinajstić information content (AvgIpc) is 2.05. The number of methoxy groups -OCH3 is 1. The predicted molar refractivity (Wildman–Crippen MR) is 45.9 cm³/mol. The summed E-state index contributed by atoms with van der Waals surface area (Å²) in [6.07, 6.45) is 0.282. The molecule has 0 bridgehead atoms. The minimum atomic E-state index is -0.319. The highest BCUT2D eigenvalue weighted by molar-refractivity contribution is 5.76. The van der Waals surface area contributed by atoms with Crippen LogP contribution in [0.1, 0.15) is 5.56 Å². The summed E-state index contributed by atoms with van der Waals surface area (Å²) in [5.74, 6) is 0.461. The van der Waals surface area contributed by atoms with Crippen LogP contribution in [0.15, 0.2) is 24.3 Å². The molecule has 64 valence electrons. The summed E-state index contributed by atoms with van der Waals surface area (Å²) in [6, 6.07) is 7.25. The van der Waals surface area contributed by atoms with Crippen molar-refractivity contribution in [1.82, 2.24) is 0 Å². The number of benzene rings is 1. The van der Waals surface area contributed by atoms with Crippen LogP contribution < -0.4 is 10.5 Å². The Morgan fingerprint density at radius 2 is 2.00 bits per heavy atom. The lowest BCUT2D eigenvalue weighted by Crippen LogP contribution is -2.13. The maximum atomic E-state index is 10.5. The van der Waals surface area contributed by atoms with Gasteiger partial charge in [-0.3, -0.25) is 4.79 Å². The fourth-order valence-electron chi connectivity index (χ4n) is 0.945. The lowest BCUT2D eigenvalue weighted by molar-refractivity contribution is -0.117. The third-order valence-corrected chi connectivity index (χ3v) is 1.54. The quantitative estimate of drug-likeness (QED) is 0.673. The lowest BCUT2D eigenvalue weighted by Gasteiger charge is -2.00. The first-order chi connectivity index (χ1) is 5.72. The van der Waals surface area contributed by atoms with Crippen molar-refractivity contribution in [2.45, 2.75) is 6.42 Å². The van der Waals surface area contributed by atoms with Crippen LogP contribution in [0.25, 0.3) is 0 Å². The standard InChI is InChI=1S/C9H11NO2/c1-12-8-4-2-7(3-5-8)6-9(10)11/h2-5H,6H2,1H3,(H2,10,11)/i9+1. The largest absolute Gasteiger partial charge is 0.497 e. The topological polar surface area (TPSA) is 52.3 Å². The molecule has 12 heavy (non-hydrogen) atoms. The van der Waals surface area contributed by atoms with Crippen LogP contribution in [-0.4, -0.2) is 13.0 Å². The van der Waals surface area contributed by atoms with E-state index in [1.807, 2.05) is 12.1 Å². The van der Waals surface area contributed by atoms with E-state index >= 15 is 0 Å². The van der Waals surface area contributed by atoms with E-state index in [4.69, 9.17) is 10.5 Å². The highest BCUT2D eigenvalue weighted by Gasteiger charge is 1.97. The van der Waals surface area contributed by atoms with Crippen molar-refractivity contribution in [2.24, 2.45) is 5.73 Å². The van der Waals surface area contributed by atoms with Crippen molar-refractivity contribution in [2.75, 3.05) is 7.11 Å². The summed E-state index contributed by atoms with van der Waals surface area (Å²) in [5, 5.41) is 0. The van der Waals surface area contributed by atoms with Gasteiger partial charge in [-0.25, -0.2) is 0 Å². The Labute approximate surface area is 71.1 Å². The molecular formula is C9H11NO2. The Bertz CT molecular complexity index is 266. The van der Waals surface area contributed by atoms with Gasteiger partial charge in [0.25, 0.3) is 0 Å². The monoisotopic (exact) mass is 166 g/mol. The van der Waals surface area contributed by atoms with Crippen LogP contribution in [0.5, 0.6) is 5.75 Å². The molecule has 0 spiro atoms. The Morgan fingerprint density at radius 3 is 2.42 bits per heavy atom. The minimum absolute atomic E-state index is 0.282. The van der Waals surface area contributed by atoms with Crippen molar-refractivity contribution in [3.05, 3.63) is 29.8 Å². The molecule has 3 nitrogen and oxygen atoms in total. The average molecular weight is 166 g/mol. The Balaban J connectivity index is 2.71. The molecule has 0 aromatic heterocycles. The van der Waals surface area contributed by atoms with Crippen LogP contribution >= 0.6 is 0 Å². The number of primary amides is 1. The van der Waals surface area contributed by atoms with E-state index in [0.29, 0.717) is 0 Å². The van der Waals surface area contributed by atoms with Gasteiger partial charge in [0.2, 0.25) is 5.91 Å². The van der Waals surface area contributed by atoms with Crippen LogP contribution in [0.2, 0.25) is 0 Å². The van der Waals surface area contributed by atoms with E-state index in [1.165, 1.54) is 0 Å². The zero-order chi connectivity index (χ0) is 8.97. The molecule has 0 atom stereocenters. The summed E-state index contributed by atoms with van der Waals surface area (Å²) >= 11 is 0. The predicted octanol–water partition coefficient (Wildman–Crippen LogP) is 0.723. The molecule has 0 aliphatic heterocycles. The van der Waals surface area contributed by atoms with Gasteiger partial charge < -0.3 is 10.5 Å². The third kappa shape index (κ3) is 2.27. The fraction of sp³-hybridized carbons (Fsp3) is 0.222. The van der Waals surface area contributed by atoms with Crippen LogP contribution in [-0.2, 0) is 11.2 Å². The molecule has 0 radical (unpaired) electrons. The summed E-state index contributed by atoms with van der Waals surface area (Å²) in [7, 11) is 1.60. The van der Waals surface area contributed by atoms with Gasteiger partial charge in [-0.1, -0.05) is 12.1 Å². The fourth-order valence-corrected chi connectivity index (χ4v) is 0.945. The first kappa shape index (κ1) is 8.59. The van der Waals surface area contributed by atoms with Crippen molar-refractivity contribution in [3.8, 4) is 5.75 Å². The summed E-state index contributed by atoms with van der Waals surface area (Å²) in [5.41, 5.74) is 5.93. The van der Waals surface area contributed by atoms with Gasteiger partial charge in [0.15, 0.2) is 0 Å². The third-order valence-electron chi connectivity index (χ3n) is 1.54. The normalized spacial score (nSPS) is 9.42. The number of rotatable bonds is 3. The molecular weight excluding hydrogens is 155 g/mol. The SMILES string of the molecule is COc1ccc(C[13C](N)=O)cc1. The molecule has 0 saturated heterocycles. The van der Waals surface area contributed by atoms with Crippen molar-refractivity contribution in [1.29, 1.82) is 0 Å². The molecule has 0 heterocycles. The van der Waals surface area contributed by atoms with E-state index in [-0.39, 0.29) is 12.3 Å². The molecule has 0 unspecified atom stereocenters. The van der Waals surface area contributed by atoms with E-state index in [0.717, 1.165) is 11.3 Å². The van der Waals surface area contributed by atoms with Crippen molar-refractivity contribution in [3.63, 3.8) is 0 Å². The van der Waals surface area contributed by atoms with Gasteiger partial charge >= 0.3 is 0 Å². The number of carbonyl (C=O) groups is 1. The highest BCUT2D eigenvalue weighted by Crippen LogP contribution is 2.11. The van der Waals surface area contributed by atoms with Gasteiger partial charge in [0.05, 0.1) is 13.5 Å². The van der Waals surface area contributed by atoms with Crippen molar-refractivity contribution < 1.29 is 9.53 Å². The molecule has 0 fully saturated rings. The molecule has 1 rings (SSSR count).